The molecule has 2 saturated heterocycles. The minimum absolute atomic E-state index is 0.0876. The highest BCUT2D eigenvalue weighted by atomic mass is 32.2. The standard InChI is InChI=1S/C45H71N3O3S/c1-32(2)35-16-19-45(31-46-23-9-24-47-26-28-52(8,51)29-27-47)21-20-43(6)36(39(35)45)14-15-38-42(5)22-25-48(30-33-10-12-34(13-11-33)40(49)50)41(3,4)37(42)17-18-44(38,43)7/h10-13,35-39,46H,1,8-9,14-31H2,2-7H3,(H,49,50)/t35-,36+,37-,38+,39+,42-,43+,44+,45+/m0/s1. The molecule has 52 heavy (non-hydrogen) atoms. The summed E-state index contributed by atoms with van der Waals surface area (Å²) in [4.78, 5) is 16.7. The molecule has 0 bridgehead atoms. The summed E-state index contributed by atoms with van der Waals surface area (Å²) in [5.41, 5.74) is 4.51. The Morgan fingerprint density at radius 2 is 1.62 bits per heavy atom. The number of aromatic carboxylic acids is 1. The number of benzene rings is 1. The second-order valence-electron chi connectivity index (χ2n) is 20.1. The van der Waals surface area contributed by atoms with E-state index in [-0.39, 0.29) is 5.54 Å². The highest BCUT2D eigenvalue weighted by Gasteiger charge is 2.70. The Kier molecular flexibility index (Phi) is 10.3. The fraction of sp³-hybridized carbons (Fsp3) is 0.778. The third-order valence-corrected chi connectivity index (χ3v) is 19.4. The van der Waals surface area contributed by atoms with Gasteiger partial charge in [0.15, 0.2) is 0 Å². The third kappa shape index (κ3) is 6.37. The van der Waals surface area contributed by atoms with Crippen molar-refractivity contribution in [2.45, 2.75) is 118 Å². The van der Waals surface area contributed by atoms with E-state index in [1.165, 1.54) is 68.9 Å². The minimum atomic E-state index is -1.83. The number of fused-ring (bicyclic) bond motifs is 7. The van der Waals surface area contributed by atoms with Gasteiger partial charge in [0, 0.05) is 43.2 Å². The molecule has 9 atom stereocenters. The molecule has 0 amide bonds. The summed E-state index contributed by atoms with van der Waals surface area (Å²) in [6, 6.07) is 7.57. The summed E-state index contributed by atoms with van der Waals surface area (Å²) in [7, 11) is -1.83. The second-order valence-corrected chi connectivity index (χ2v) is 22.9. The van der Waals surface area contributed by atoms with Gasteiger partial charge in [-0.15, -0.1) is 0 Å². The molecule has 2 N–H and O–H groups in total. The van der Waals surface area contributed by atoms with Crippen LogP contribution in [0.15, 0.2) is 36.4 Å². The SMILES string of the molecule is C=C(C)[C@@H]1CC[C@]2(CNCCCN3CCS(=C)(=O)CC3)CC[C@]3(C)[C@H](CC[C@@H]4[C@@]5(C)CCN(Cc6ccc(C(=O)O)cc6)C(C)(C)[C@@H]5CC[C@]43C)[C@@H]12. The predicted molar refractivity (Wildman–Crippen MR) is 217 cm³/mol. The van der Waals surface area contributed by atoms with Crippen LogP contribution < -0.4 is 5.32 Å². The molecule has 2 aliphatic heterocycles. The Morgan fingerprint density at radius 1 is 0.904 bits per heavy atom. The predicted octanol–water partition coefficient (Wildman–Crippen LogP) is 8.22. The summed E-state index contributed by atoms with van der Waals surface area (Å²) in [6.45, 7) is 27.4. The van der Waals surface area contributed by atoms with Crippen LogP contribution in [0.5, 0.6) is 0 Å². The van der Waals surface area contributed by atoms with Crippen molar-refractivity contribution < 1.29 is 14.1 Å². The van der Waals surface area contributed by atoms with E-state index in [1.807, 2.05) is 12.1 Å². The van der Waals surface area contributed by atoms with Crippen LogP contribution in [0.3, 0.4) is 0 Å². The monoisotopic (exact) mass is 734 g/mol. The van der Waals surface area contributed by atoms with Crippen molar-refractivity contribution in [3.63, 3.8) is 0 Å². The van der Waals surface area contributed by atoms with E-state index < -0.39 is 15.5 Å². The van der Waals surface area contributed by atoms with Crippen molar-refractivity contribution in [1.82, 2.24) is 15.1 Å². The number of nitrogens with zero attached hydrogens (tertiary/aromatic N) is 2. The van der Waals surface area contributed by atoms with E-state index in [0.29, 0.717) is 39.1 Å². The zero-order valence-corrected chi connectivity index (χ0v) is 34.4. The zero-order valence-electron chi connectivity index (χ0n) is 33.6. The second kappa shape index (κ2) is 13.8. The molecule has 0 aromatic heterocycles. The van der Waals surface area contributed by atoms with Crippen molar-refractivity contribution in [3.8, 4) is 0 Å². The first kappa shape index (κ1) is 38.6. The van der Waals surface area contributed by atoms with E-state index in [1.54, 1.807) is 12.1 Å². The molecule has 2 heterocycles. The maximum Gasteiger partial charge on any atom is 0.335 e. The Bertz CT molecular complexity index is 1610. The van der Waals surface area contributed by atoms with E-state index in [9.17, 15) is 14.1 Å². The first-order chi connectivity index (χ1) is 24.5. The Morgan fingerprint density at radius 3 is 2.29 bits per heavy atom. The molecule has 0 radical (unpaired) electrons. The van der Waals surface area contributed by atoms with Gasteiger partial charge in [-0.1, -0.05) is 45.1 Å². The van der Waals surface area contributed by atoms with Gasteiger partial charge in [0.25, 0.3) is 0 Å². The molecular weight excluding hydrogens is 663 g/mol. The normalized spacial score (nSPS) is 41.3. The van der Waals surface area contributed by atoms with E-state index in [0.717, 1.165) is 81.5 Å². The zero-order chi connectivity index (χ0) is 37.3. The molecule has 1 aromatic carbocycles. The van der Waals surface area contributed by atoms with Crippen molar-refractivity contribution in [2.75, 3.05) is 50.8 Å². The number of likely N-dealkylation sites (tertiary alicyclic amines) is 1. The number of piperidine rings is 1. The fourth-order valence-electron chi connectivity index (χ4n) is 14.4. The van der Waals surface area contributed by atoms with Crippen molar-refractivity contribution in [3.05, 3.63) is 47.5 Å². The van der Waals surface area contributed by atoms with Gasteiger partial charge in [-0.3, -0.25) is 9.11 Å². The van der Waals surface area contributed by atoms with Gasteiger partial charge in [-0.2, -0.15) is 0 Å². The number of carboxylic acid groups (broad SMARTS) is 1. The Labute approximate surface area is 317 Å². The van der Waals surface area contributed by atoms with Crippen LogP contribution in [0.4, 0.5) is 0 Å². The molecule has 0 spiro atoms. The maximum atomic E-state index is 12.3. The number of carboxylic acids is 1. The number of rotatable bonds is 10. The molecule has 4 saturated carbocycles. The first-order valence-electron chi connectivity index (χ1n) is 20.9. The summed E-state index contributed by atoms with van der Waals surface area (Å²) in [6.07, 6.45) is 13.2. The average molecular weight is 734 g/mol. The van der Waals surface area contributed by atoms with Gasteiger partial charge < -0.3 is 15.3 Å². The summed E-state index contributed by atoms with van der Waals surface area (Å²) in [5.74, 6) is 8.16. The van der Waals surface area contributed by atoms with Crippen LogP contribution in [0, 0.1) is 51.2 Å². The lowest BCUT2D eigenvalue weighted by Crippen LogP contribution is -2.69. The highest BCUT2D eigenvalue weighted by molar-refractivity contribution is 8.00. The van der Waals surface area contributed by atoms with E-state index in [2.05, 4.69) is 69.1 Å². The number of nitrogens with one attached hydrogen (secondary N) is 1. The summed E-state index contributed by atoms with van der Waals surface area (Å²) >= 11 is 0. The van der Waals surface area contributed by atoms with Crippen molar-refractivity contribution in [1.29, 1.82) is 0 Å². The highest BCUT2D eigenvalue weighted by Crippen LogP contribution is 2.76. The van der Waals surface area contributed by atoms with Crippen molar-refractivity contribution in [2.24, 2.45) is 51.2 Å². The summed E-state index contributed by atoms with van der Waals surface area (Å²) < 4.78 is 12.3. The lowest BCUT2D eigenvalue weighted by atomic mass is 9.33. The molecule has 7 heteroatoms. The topological polar surface area (TPSA) is 72.9 Å². The molecule has 6 fully saturated rings. The van der Waals surface area contributed by atoms with Crippen LogP contribution in [0.2, 0.25) is 0 Å². The Hall–Kier alpha value is -1.67. The number of hydrogen-bond donors (Lipinski definition) is 2. The third-order valence-electron chi connectivity index (χ3n) is 17.5. The van der Waals surface area contributed by atoms with Gasteiger partial charge >= 0.3 is 5.97 Å². The molecular formula is C45H71N3O3S. The van der Waals surface area contributed by atoms with Crippen LogP contribution in [-0.2, 0) is 16.1 Å². The van der Waals surface area contributed by atoms with Gasteiger partial charge in [0.05, 0.1) is 5.56 Å². The molecule has 1 aromatic rings. The average Bonchev–Trinajstić information content (AvgIpc) is 3.47. The van der Waals surface area contributed by atoms with Gasteiger partial charge in [-0.25, -0.2) is 4.79 Å². The molecule has 290 valence electrons. The molecule has 6 nitrogen and oxygen atoms in total. The minimum Gasteiger partial charge on any atom is -0.478 e. The van der Waals surface area contributed by atoms with Crippen LogP contribution in [0.1, 0.15) is 122 Å². The fourth-order valence-corrected chi connectivity index (χ4v) is 15.8. The van der Waals surface area contributed by atoms with E-state index in [4.69, 9.17) is 0 Å². The van der Waals surface area contributed by atoms with Crippen LogP contribution in [-0.4, -0.2) is 87.3 Å². The van der Waals surface area contributed by atoms with E-state index >= 15 is 0 Å². The molecule has 0 unspecified atom stereocenters. The summed E-state index contributed by atoms with van der Waals surface area (Å²) in [5, 5.41) is 13.4. The van der Waals surface area contributed by atoms with Crippen LogP contribution >= 0.6 is 0 Å². The number of hydrogen-bond acceptors (Lipinski definition) is 5. The lowest BCUT2D eigenvalue weighted by Gasteiger charge is -2.73. The first-order valence-corrected chi connectivity index (χ1v) is 23.0. The molecule has 6 aliphatic rings. The largest absolute Gasteiger partial charge is 0.478 e. The molecule has 4 aliphatic carbocycles. The number of carbonyl (C=O) groups is 1. The molecule has 7 rings (SSSR count). The number of allylic oxidation sites excluding steroid dienone is 1. The quantitative estimate of drug-likeness (QED) is 0.144. The van der Waals surface area contributed by atoms with Gasteiger partial charge in [-0.05, 0) is 189 Å². The smallest absolute Gasteiger partial charge is 0.335 e. The van der Waals surface area contributed by atoms with Gasteiger partial charge in [0.2, 0.25) is 0 Å². The Balaban J connectivity index is 1.05. The van der Waals surface area contributed by atoms with Crippen molar-refractivity contribution >= 4 is 21.4 Å². The van der Waals surface area contributed by atoms with Crippen LogP contribution in [0.25, 0.3) is 0 Å². The lowest BCUT2D eigenvalue weighted by molar-refractivity contribution is -0.242. The maximum absolute atomic E-state index is 12.3. The van der Waals surface area contributed by atoms with Gasteiger partial charge in [0.1, 0.15) is 0 Å².